The molecule has 8 nitrogen and oxygen atoms in total. The van der Waals surface area contributed by atoms with Gasteiger partial charge in [0.2, 0.25) is 10.0 Å². The number of rotatable bonds is 7. The van der Waals surface area contributed by atoms with E-state index in [1.807, 2.05) is 39.0 Å². The average molecular weight is 479 g/mol. The van der Waals surface area contributed by atoms with E-state index in [0.717, 1.165) is 29.3 Å². The number of hydrogen-bond donors (Lipinski definition) is 1. The molecule has 2 aromatic rings. The van der Waals surface area contributed by atoms with Crippen molar-refractivity contribution in [2.75, 3.05) is 38.2 Å². The van der Waals surface area contributed by atoms with Crippen molar-refractivity contribution in [2.24, 2.45) is 0 Å². The zero-order valence-corrected chi connectivity index (χ0v) is 19.6. The number of carbonyl (C=O) groups excluding carboxylic acids is 2. The van der Waals surface area contributed by atoms with E-state index in [1.165, 1.54) is 4.31 Å². The van der Waals surface area contributed by atoms with Gasteiger partial charge in [0.25, 0.3) is 5.91 Å². The van der Waals surface area contributed by atoms with Crippen molar-refractivity contribution in [1.82, 2.24) is 4.31 Å². The summed E-state index contributed by atoms with van der Waals surface area (Å²) in [4.78, 5) is 24.6. The number of nitrogens with zero attached hydrogens (tertiary/aromatic N) is 1. The molecule has 0 saturated carbocycles. The number of nitrogens with one attached hydrogen (secondary N) is 1. The van der Waals surface area contributed by atoms with E-state index >= 15 is 0 Å². The molecule has 178 valence electrons. The fourth-order valence-electron chi connectivity index (χ4n) is 3.48. The van der Waals surface area contributed by atoms with Crippen LogP contribution < -0.4 is 5.32 Å². The maximum absolute atomic E-state index is 14.3. The standard InChI is InChI=1S/C23H27FN2O6S/c1-15(2)18-6-4-5-16(3)22(18)25-21(27)14-32-23(28)19-13-17(7-8-20(19)24)33(29,30)26-9-11-31-12-10-26/h4-8,13,15H,9-12,14H2,1-3H3,(H,25,27). The van der Waals surface area contributed by atoms with Crippen LogP contribution in [0.1, 0.15) is 41.3 Å². The number of esters is 1. The second-order valence-corrected chi connectivity index (χ2v) is 9.91. The summed E-state index contributed by atoms with van der Waals surface area (Å²) in [5.41, 5.74) is 1.86. The smallest absolute Gasteiger partial charge is 0.341 e. The number of hydrogen-bond acceptors (Lipinski definition) is 6. The Morgan fingerprint density at radius 2 is 1.88 bits per heavy atom. The lowest BCUT2D eigenvalue weighted by Gasteiger charge is -2.26. The summed E-state index contributed by atoms with van der Waals surface area (Å²) in [6, 6.07) is 8.56. The summed E-state index contributed by atoms with van der Waals surface area (Å²) >= 11 is 0. The molecule has 1 aliphatic heterocycles. The third-order valence-corrected chi connectivity index (χ3v) is 7.19. The summed E-state index contributed by atoms with van der Waals surface area (Å²) in [6.45, 7) is 6.02. The molecule has 0 aromatic heterocycles. The van der Waals surface area contributed by atoms with E-state index in [9.17, 15) is 22.4 Å². The number of para-hydroxylation sites is 1. The van der Waals surface area contributed by atoms with Gasteiger partial charge in [0.05, 0.1) is 23.7 Å². The molecule has 0 atom stereocenters. The van der Waals surface area contributed by atoms with E-state index in [4.69, 9.17) is 9.47 Å². The zero-order valence-electron chi connectivity index (χ0n) is 18.8. The molecule has 1 fully saturated rings. The fourth-order valence-corrected chi connectivity index (χ4v) is 4.92. The predicted octanol–water partition coefficient (Wildman–Crippen LogP) is 3.07. The van der Waals surface area contributed by atoms with Crippen molar-refractivity contribution in [3.05, 3.63) is 58.9 Å². The van der Waals surface area contributed by atoms with Gasteiger partial charge < -0.3 is 14.8 Å². The van der Waals surface area contributed by atoms with Gasteiger partial charge in [-0.1, -0.05) is 32.0 Å². The molecule has 1 amide bonds. The SMILES string of the molecule is Cc1cccc(C(C)C)c1NC(=O)COC(=O)c1cc(S(=O)(=O)N2CCOCC2)ccc1F. The molecule has 33 heavy (non-hydrogen) atoms. The van der Waals surface area contributed by atoms with Crippen LogP contribution in [-0.2, 0) is 24.3 Å². The minimum absolute atomic E-state index is 0.160. The molecule has 0 aliphatic carbocycles. The maximum Gasteiger partial charge on any atom is 0.341 e. The molecule has 0 spiro atoms. The predicted molar refractivity (Wildman–Crippen MR) is 120 cm³/mol. The fraction of sp³-hybridized carbons (Fsp3) is 0.391. The number of ether oxygens (including phenoxy) is 2. The second kappa shape index (κ2) is 10.4. The number of halogens is 1. The van der Waals surface area contributed by atoms with Gasteiger partial charge in [-0.25, -0.2) is 17.6 Å². The Hall–Kier alpha value is -2.82. The summed E-state index contributed by atoms with van der Waals surface area (Å²) in [6.07, 6.45) is 0. The van der Waals surface area contributed by atoms with Gasteiger partial charge in [-0.05, 0) is 42.2 Å². The lowest BCUT2D eigenvalue weighted by molar-refractivity contribution is -0.119. The van der Waals surface area contributed by atoms with Gasteiger partial charge in [-0.2, -0.15) is 4.31 Å². The molecule has 0 unspecified atom stereocenters. The molecular formula is C23H27FN2O6S. The Kier molecular flexibility index (Phi) is 7.83. The third kappa shape index (κ3) is 5.76. The van der Waals surface area contributed by atoms with Crippen molar-refractivity contribution in [1.29, 1.82) is 0 Å². The number of carbonyl (C=O) groups is 2. The van der Waals surface area contributed by atoms with E-state index in [-0.39, 0.29) is 37.1 Å². The summed E-state index contributed by atoms with van der Waals surface area (Å²) in [5, 5.41) is 2.74. The first-order valence-electron chi connectivity index (χ1n) is 10.5. The summed E-state index contributed by atoms with van der Waals surface area (Å²) in [7, 11) is -3.92. The molecule has 1 saturated heterocycles. The first-order chi connectivity index (χ1) is 15.6. The van der Waals surface area contributed by atoms with Gasteiger partial charge in [-0.15, -0.1) is 0 Å². The molecule has 3 rings (SSSR count). The largest absolute Gasteiger partial charge is 0.452 e. The van der Waals surface area contributed by atoms with Crippen LogP contribution in [0.15, 0.2) is 41.3 Å². The Bertz CT molecular complexity index is 1140. The zero-order chi connectivity index (χ0) is 24.2. The molecule has 0 bridgehead atoms. The second-order valence-electron chi connectivity index (χ2n) is 7.98. The third-order valence-electron chi connectivity index (χ3n) is 5.29. The number of aryl methyl sites for hydroxylation is 1. The van der Waals surface area contributed by atoms with E-state index in [2.05, 4.69) is 5.32 Å². The monoisotopic (exact) mass is 478 g/mol. The quantitative estimate of drug-likeness (QED) is 0.614. The first kappa shape index (κ1) is 24.8. The number of anilines is 1. The van der Waals surface area contributed by atoms with Crippen LogP contribution in [0.5, 0.6) is 0 Å². The molecule has 10 heteroatoms. The topological polar surface area (TPSA) is 102 Å². The molecule has 1 heterocycles. The van der Waals surface area contributed by atoms with E-state index in [0.29, 0.717) is 5.69 Å². The van der Waals surface area contributed by atoms with Crippen molar-refractivity contribution in [2.45, 2.75) is 31.6 Å². The summed E-state index contributed by atoms with van der Waals surface area (Å²) in [5.74, 6) is -2.50. The molecule has 1 N–H and O–H groups in total. The minimum atomic E-state index is -3.92. The lowest BCUT2D eigenvalue weighted by atomic mass is 9.98. The normalized spacial score (nSPS) is 14.8. The highest BCUT2D eigenvalue weighted by atomic mass is 32.2. The summed E-state index contributed by atoms with van der Waals surface area (Å²) < 4.78 is 51.2. The van der Waals surface area contributed by atoms with Crippen LogP contribution in [0, 0.1) is 12.7 Å². The van der Waals surface area contributed by atoms with Crippen LogP contribution in [-0.4, -0.2) is 57.5 Å². The Morgan fingerprint density at radius 3 is 2.55 bits per heavy atom. The first-order valence-corrected chi connectivity index (χ1v) is 12.0. The van der Waals surface area contributed by atoms with Crippen molar-refractivity contribution >= 4 is 27.6 Å². The van der Waals surface area contributed by atoms with Crippen LogP contribution in [0.3, 0.4) is 0 Å². The number of benzene rings is 2. The van der Waals surface area contributed by atoms with Crippen LogP contribution in [0.25, 0.3) is 0 Å². The molecular weight excluding hydrogens is 451 g/mol. The van der Waals surface area contributed by atoms with Gasteiger partial charge in [0.1, 0.15) is 5.82 Å². The van der Waals surface area contributed by atoms with Gasteiger partial charge in [0, 0.05) is 18.8 Å². The number of morpholine rings is 1. The highest BCUT2D eigenvalue weighted by molar-refractivity contribution is 7.89. The average Bonchev–Trinajstić information content (AvgIpc) is 2.79. The molecule has 0 radical (unpaired) electrons. The van der Waals surface area contributed by atoms with E-state index < -0.39 is 39.9 Å². The Morgan fingerprint density at radius 1 is 1.18 bits per heavy atom. The highest BCUT2D eigenvalue weighted by Gasteiger charge is 2.28. The van der Waals surface area contributed by atoms with E-state index in [1.54, 1.807) is 0 Å². The molecule has 1 aliphatic rings. The lowest BCUT2D eigenvalue weighted by Crippen LogP contribution is -2.40. The van der Waals surface area contributed by atoms with Gasteiger partial charge in [-0.3, -0.25) is 4.79 Å². The molecule has 2 aromatic carbocycles. The minimum Gasteiger partial charge on any atom is -0.452 e. The van der Waals surface area contributed by atoms with Crippen molar-refractivity contribution in [3.63, 3.8) is 0 Å². The van der Waals surface area contributed by atoms with Crippen molar-refractivity contribution < 1.29 is 31.9 Å². The van der Waals surface area contributed by atoms with Crippen LogP contribution >= 0.6 is 0 Å². The van der Waals surface area contributed by atoms with Crippen LogP contribution in [0.2, 0.25) is 0 Å². The van der Waals surface area contributed by atoms with Crippen LogP contribution in [0.4, 0.5) is 10.1 Å². The Labute approximate surface area is 192 Å². The van der Waals surface area contributed by atoms with Crippen molar-refractivity contribution in [3.8, 4) is 0 Å². The number of amides is 1. The van der Waals surface area contributed by atoms with Gasteiger partial charge >= 0.3 is 5.97 Å². The maximum atomic E-state index is 14.3. The number of sulfonamides is 1. The van der Waals surface area contributed by atoms with Gasteiger partial charge in [0.15, 0.2) is 6.61 Å². The Balaban J connectivity index is 1.71. The highest BCUT2D eigenvalue weighted by Crippen LogP contribution is 2.27.